The number of aryl methyl sites for hydroxylation is 1. The zero-order chi connectivity index (χ0) is 19.1. The van der Waals surface area contributed by atoms with Crippen LogP contribution < -0.4 is 4.74 Å². The van der Waals surface area contributed by atoms with Crippen LogP contribution in [0.15, 0.2) is 46.4 Å². The maximum Gasteiger partial charge on any atom is 0.348 e. The summed E-state index contributed by atoms with van der Waals surface area (Å²) in [5, 5.41) is 9.24. The lowest BCUT2D eigenvalue weighted by Gasteiger charge is -2.13. The normalized spacial score (nSPS) is 11.0. The van der Waals surface area contributed by atoms with Crippen molar-refractivity contribution in [2.45, 2.75) is 27.4 Å². The van der Waals surface area contributed by atoms with Crippen LogP contribution >= 0.6 is 15.9 Å². The molecule has 0 saturated heterocycles. The van der Waals surface area contributed by atoms with Gasteiger partial charge in [-0.3, -0.25) is 0 Å². The molecule has 0 heterocycles. The summed E-state index contributed by atoms with van der Waals surface area (Å²) in [6, 6.07) is 13.5. The van der Waals surface area contributed by atoms with Crippen molar-refractivity contribution in [2.75, 3.05) is 6.61 Å². The average molecular weight is 414 g/mol. The largest absolute Gasteiger partial charge is 0.489 e. The second kappa shape index (κ2) is 9.21. The van der Waals surface area contributed by atoms with Crippen LogP contribution in [0, 0.1) is 25.2 Å². The minimum absolute atomic E-state index is 0.0136. The molecule has 0 saturated carbocycles. The van der Waals surface area contributed by atoms with E-state index in [1.54, 1.807) is 13.0 Å². The molecule has 0 spiro atoms. The fourth-order valence-electron chi connectivity index (χ4n) is 2.46. The van der Waals surface area contributed by atoms with Crippen LogP contribution in [0.2, 0.25) is 0 Å². The van der Waals surface area contributed by atoms with Crippen LogP contribution in [0.5, 0.6) is 5.75 Å². The summed E-state index contributed by atoms with van der Waals surface area (Å²) in [5.74, 6) is 0.166. The van der Waals surface area contributed by atoms with Crippen LogP contribution in [0.25, 0.3) is 6.08 Å². The Kier molecular flexibility index (Phi) is 6.99. The number of carbonyl (C=O) groups is 1. The lowest BCUT2D eigenvalue weighted by atomic mass is 9.98. The Morgan fingerprint density at radius 3 is 2.54 bits per heavy atom. The third-order valence-electron chi connectivity index (χ3n) is 3.82. The van der Waals surface area contributed by atoms with Gasteiger partial charge in [-0.25, -0.2) is 4.79 Å². The molecule has 0 amide bonds. The van der Waals surface area contributed by atoms with Crippen molar-refractivity contribution in [1.82, 2.24) is 0 Å². The van der Waals surface area contributed by atoms with Gasteiger partial charge >= 0.3 is 5.97 Å². The molecule has 0 radical (unpaired) electrons. The second-order valence-electron chi connectivity index (χ2n) is 5.77. The summed E-state index contributed by atoms with van der Waals surface area (Å²) in [5.41, 5.74) is 3.78. The molecule has 0 atom stereocenters. The van der Waals surface area contributed by atoms with Gasteiger partial charge in [-0.1, -0.05) is 33.6 Å². The highest BCUT2D eigenvalue weighted by molar-refractivity contribution is 9.10. The van der Waals surface area contributed by atoms with E-state index in [2.05, 4.69) is 15.9 Å². The third kappa shape index (κ3) is 5.21. The first-order valence-electron chi connectivity index (χ1n) is 8.22. The third-order valence-corrected chi connectivity index (χ3v) is 4.35. The van der Waals surface area contributed by atoms with Gasteiger partial charge in [0.05, 0.1) is 6.61 Å². The second-order valence-corrected chi connectivity index (χ2v) is 6.69. The van der Waals surface area contributed by atoms with E-state index in [0.717, 1.165) is 32.5 Å². The number of nitriles is 1. The van der Waals surface area contributed by atoms with E-state index in [0.29, 0.717) is 6.61 Å². The zero-order valence-corrected chi connectivity index (χ0v) is 16.6. The molecule has 2 aromatic carbocycles. The van der Waals surface area contributed by atoms with Crippen LogP contribution in [-0.4, -0.2) is 12.6 Å². The van der Waals surface area contributed by atoms with Crippen LogP contribution in [0.4, 0.5) is 0 Å². The summed E-state index contributed by atoms with van der Waals surface area (Å²) in [4.78, 5) is 11.9. The maximum atomic E-state index is 11.9. The molecule has 2 aromatic rings. The van der Waals surface area contributed by atoms with Crippen molar-refractivity contribution in [3.63, 3.8) is 0 Å². The highest BCUT2D eigenvalue weighted by Crippen LogP contribution is 2.23. The number of esters is 1. The molecule has 0 aromatic heterocycles. The summed E-state index contributed by atoms with van der Waals surface area (Å²) < 4.78 is 11.8. The Labute approximate surface area is 162 Å². The van der Waals surface area contributed by atoms with Crippen LogP contribution in [0.1, 0.15) is 29.2 Å². The van der Waals surface area contributed by atoms with Gasteiger partial charge in [0, 0.05) is 4.47 Å². The van der Waals surface area contributed by atoms with E-state index in [1.165, 1.54) is 0 Å². The number of nitrogens with zero attached hydrogens (tertiary/aromatic N) is 1. The van der Waals surface area contributed by atoms with Crippen molar-refractivity contribution in [1.29, 1.82) is 5.26 Å². The van der Waals surface area contributed by atoms with E-state index < -0.39 is 5.97 Å². The fraction of sp³-hybridized carbons (Fsp3) is 0.238. The smallest absolute Gasteiger partial charge is 0.348 e. The minimum atomic E-state index is -0.608. The van der Waals surface area contributed by atoms with Crippen molar-refractivity contribution in [2.24, 2.45) is 0 Å². The minimum Gasteiger partial charge on any atom is -0.489 e. The number of halogens is 1. The number of rotatable bonds is 6. The van der Waals surface area contributed by atoms with E-state index >= 15 is 0 Å². The molecule has 134 valence electrons. The SMILES string of the molecule is CCOC(=O)/C(C#N)=C/c1cc(C)cc(COc2ccc(Br)cc2)c1C. The first-order valence-corrected chi connectivity index (χ1v) is 9.01. The summed E-state index contributed by atoms with van der Waals surface area (Å²) in [7, 11) is 0. The van der Waals surface area contributed by atoms with E-state index in [4.69, 9.17) is 9.47 Å². The van der Waals surface area contributed by atoms with Crippen molar-refractivity contribution in [3.05, 3.63) is 68.7 Å². The molecule has 0 aliphatic heterocycles. The number of carbonyl (C=O) groups excluding carboxylic acids is 1. The predicted octanol–water partition coefficient (Wildman–Crippen LogP) is 5.12. The summed E-state index contributed by atoms with van der Waals surface area (Å²) in [6.45, 7) is 6.26. The first kappa shape index (κ1) is 19.7. The van der Waals surface area contributed by atoms with Gasteiger partial charge in [0.1, 0.15) is 24.0 Å². The molecular formula is C21H20BrNO3. The Morgan fingerprint density at radius 2 is 1.92 bits per heavy atom. The zero-order valence-electron chi connectivity index (χ0n) is 15.0. The highest BCUT2D eigenvalue weighted by atomic mass is 79.9. The summed E-state index contributed by atoms with van der Waals surface area (Å²) >= 11 is 3.40. The van der Waals surface area contributed by atoms with E-state index in [-0.39, 0.29) is 12.2 Å². The molecule has 0 aliphatic carbocycles. The molecule has 5 heteroatoms. The molecule has 2 rings (SSSR count). The topological polar surface area (TPSA) is 59.3 Å². The highest BCUT2D eigenvalue weighted by Gasteiger charge is 2.12. The average Bonchev–Trinajstić information content (AvgIpc) is 2.62. The molecule has 0 bridgehead atoms. The van der Waals surface area contributed by atoms with Gasteiger partial charge < -0.3 is 9.47 Å². The number of benzene rings is 2. The van der Waals surface area contributed by atoms with Crippen LogP contribution in [0.3, 0.4) is 0 Å². The quantitative estimate of drug-likeness (QED) is 0.374. The van der Waals surface area contributed by atoms with E-state index in [1.807, 2.05) is 56.3 Å². The maximum absolute atomic E-state index is 11.9. The molecule has 0 N–H and O–H groups in total. The van der Waals surface area contributed by atoms with Gasteiger partial charge in [-0.2, -0.15) is 5.26 Å². The molecule has 0 unspecified atom stereocenters. The van der Waals surface area contributed by atoms with Crippen molar-refractivity contribution < 1.29 is 14.3 Å². The Balaban J connectivity index is 2.28. The van der Waals surface area contributed by atoms with Gasteiger partial charge in [0.25, 0.3) is 0 Å². The first-order chi connectivity index (χ1) is 12.4. The Hall–Kier alpha value is -2.58. The number of hydrogen-bond acceptors (Lipinski definition) is 4. The lowest BCUT2D eigenvalue weighted by Crippen LogP contribution is -2.06. The number of ether oxygens (including phenoxy) is 2. The molecule has 26 heavy (non-hydrogen) atoms. The van der Waals surface area contributed by atoms with Crippen molar-refractivity contribution in [3.8, 4) is 11.8 Å². The van der Waals surface area contributed by atoms with Gasteiger partial charge in [0.2, 0.25) is 0 Å². The Bertz CT molecular complexity index is 864. The molecular weight excluding hydrogens is 394 g/mol. The molecule has 0 aliphatic rings. The molecule has 4 nitrogen and oxygen atoms in total. The monoisotopic (exact) mass is 413 g/mol. The lowest BCUT2D eigenvalue weighted by molar-refractivity contribution is -0.137. The van der Waals surface area contributed by atoms with E-state index in [9.17, 15) is 10.1 Å². The van der Waals surface area contributed by atoms with Gasteiger partial charge in [-0.05, 0) is 67.8 Å². The fourth-order valence-corrected chi connectivity index (χ4v) is 2.72. The number of hydrogen-bond donors (Lipinski definition) is 0. The Morgan fingerprint density at radius 1 is 1.23 bits per heavy atom. The van der Waals surface area contributed by atoms with Crippen LogP contribution in [-0.2, 0) is 16.1 Å². The molecule has 0 fully saturated rings. The summed E-state index contributed by atoms with van der Waals surface area (Å²) in [6.07, 6.45) is 1.57. The van der Waals surface area contributed by atoms with Crippen molar-refractivity contribution >= 4 is 28.0 Å². The van der Waals surface area contributed by atoms with Gasteiger partial charge in [0.15, 0.2) is 0 Å². The predicted molar refractivity (Wildman–Crippen MR) is 105 cm³/mol. The standard InChI is InChI=1S/C21H20BrNO3/c1-4-25-21(24)17(12-23)11-16-9-14(2)10-18(15(16)3)13-26-20-7-5-19(22)6-8-20/h5-11H,4,13H2,1-3H3/b17-11+. The van der Waals surface area contributed by atoms with Gasteiger partial charge in [-0.15, -0.1) is 0 Å².